The van der Waals surface area contributed by atoms with E-state index in [1.54, 1.807) is 0 Å². The normalized spacial score (nSPS) is 42.7. The minimum absolute atomic E-state index is 0. The Balaban J connectivity index is 0. The van der Waals surface area contributed by atoms with Crippen molar-refractivity contribution in [3.05, 3.63) is 60.9 Å². The number of nitrogens with one attached hydrogen (secondary N) is 2. The van der Waals surface area contributed by atoms with Crippen molar-refractivity contribution in [2.75, 3.05) is 26.4 Å². The van der Waals surface area contributed by atoms with E-state index >= 15 is 0 Å². The maximum absolute atomic E-state index is 10.4. The van der Waals surface area contributed by atoms with E-state index in [1.807, 2.05) is 0 Å². The van der Waals surface area contributed by atoms with E-state index in [0.717, 1.165) is 0 Å². The molecule has 0 aromatic rings. The minimum Gasteiger partial charge on any atom is -0.713 e. The Morgan fingerprint density at radius 2 is 0.806 bits per heavy atom. The van der Waals surface area contributed by atoms with Gasteiger partial charge in [0.15, 0.2) is 25.2 Å². The molecule has 23 heteroatoms. The van der Waals surface area contributed by atoms with Gasteiger partial charge in [-0.15, -0.1) is 0 Å². The Morgan fingerprint density at radius 3 is 1.10 bits per heavy atom. The van der Waals surface area contributed by atoms with E-state index in [9.17, 15) is 51.1 Å². The summed E-state index contributed by atoms with van der Waals surface area (Å²) in [4.78, 5) is 0. The van der Waals surface area contributed by atoms with Crippen molar-refractivity contribution in [1.29, 1.82) is 0 Å². The van der Waals surface area contributed by atoms with Crippen LogP contribution < -0.4 is 10.6 Å². The molecule has 0 aromatic carbocycles. The van der Waals surface area contributed by atoms with Gasteiger partial charge in [-0.25, -0.2) is 0 Å². The maximum Gasteiger partial charge on any atom is 0.186 e. The number of ether oxygens (including phenoxy) is 8. The van der Waals surface area contributed by atoms with E-state index < -0.39 is 124 Å². The molecular weight excluding hydrogens is 1150 g/mol. The second-order valence-corrected chi connectivity index (χ2v) is 14.4. The number of rotatable bonds is 4. The van der Waals surface area contributed by atoms with Crippen LogP contribution in [0.15, 0.2) is 13.2 Å². The second-order valence-electron chi connectivity index (χ2n) is 14.4. The van der Waals surface area contributed by atoms with Crippen molar-refractivity contribution < 1.29 is 175 Å². The summed E-state index contributed by atoms with van der Waals surface area (Å²) in [6, 6.07) is 0. The first kappa shape index (κ1) is 65.3. The van der Waals surface area contributed by atoms with Gasteiger partial charge in [0.1, 0.15) is 61.0 Å². The summed E-state index contributed by atoms with van der Waals surface area (Å²) in [5, 5.41) is 106. The molecule has 0 amide bonds. The van der Waals surface area contributed by atoms with Crippen molar-refractivity contribution in [1.82, 2.24) is 10.6 Å². The van der Waals surface area contributed by atoms with E-state index in [2.05, 4.69) is 64.1 Å². The summed E-state index contributed by atoms with van der Waals surface area (Å²) in [6.45, 7) is 13.7. The quantitative estimate of drug-likeness (QED) is 0.0980. The van der Waals surface area contributed by atoms with Gasteiger partial charge in [0.2, 0.25) is 0 Å². The Labute approximate surface area is 430 Å². The Hall–Kier alpha value is 1.26. The van der Waals surface area contributed by atoms with Crippen LogP contribution in [0.3, 0.4) is 0 Å². The number of aliphatic hydroxyl groups excluding tert-OH is 10. The molecule has 12 aliphatic rings. The summed E-state index contributed by atoms with van der Waals surface area (Å²) in [6.07, 6.45) is -12.3. The maximum atomic E-state index is 10.4. The first-order valence-electron chi connectivity index (χ1n) is 19.3. The van der Waals surface area contributed by atoms with Gasteiger partial charge in [0.05, 0.1) is 25.4 Å². The molecule has 12 heterocycles. The van der Waals surface area contributed by atoms with Crippen molar-refractivity contribution in [2.24, 2.45) is 11.8 Å². The molecule has 12 fully saturated rings. The van der Waals surface area contributed by atoms with Crippen molar-refractivity contribution in [2.45, 2.75) is 149 Å². The third-order valence-corrected chi connectivity index (χ3v) is 10.6. The summed E-state index contributed by atoms with van der Waals surface area (Å²) >= 11 is 0. The molecule has 0 spiro atoms. The molecule has 12 N–H and O–H groups in total. The van der Waals surface area contributed by atoms with Crippen LogP contribution in [-0.4, -0.2) is 188 Å². The van der Waals surface area contributed by atoms with Gasteiger partial charge in [-0.2, -0.15) is 0 Å². The van der Waals surface area contributed by atoms with E-state index in [-0.39, 0.29) is 119 Å². The van der Waals surface area contributed by atoms with Crippen LogP contribution in [0, 0.1) is 59.6 Å². The monoisotopic (exact) mass is 1210 g/mol. The fourth-order valence-electron chi connectivity index (χ4n) is 7.30. The van der Waals surface area contributed by atoms with Crippen LogP contribution in [0.4, 0.5) is 0 Å². The van der Waals surface area contributed by atoms with Gasteiger partial charge >= 0.3 is 0 Å². The topological polar surface area (TPSA) is 300 Å². The molecule has 0 aliphatic carbocycles. The number of hydrogen-bond donors (Lipinski definition) is 12. The zero-order valence-corrected chi connectivity index (χ0v) is 43.8. The SMILES string of the molecule is C=[C-]N[CH2-].C=[C-]N[CH2-].[CH2-]C1O[C@@H]2OC3C(CO)O[C@H](OCCCCC1[C@H](O)C2O)C(O)[C@H]3O.[CH2-]C1O[C@@H]2OC3C(CO)O[C@H](OCCCCC1[C@H](O)C2O)C(O)[C@H]3O.[CH3-].[W].[Y].[Y]. The van der Waals surface area contributed by atoms with Crippen molar-refractivity contribution in [3.63, 3.8) is 0 Å². The van der Waals surface area contributed by atoms with Crippen LogP contribution in [0.1, 0.15) is 38.5 Å². The smallest absolute Gasteiger partial charge is 0.186 e. The van der Waals surface area contributed by atoms with Gasteiger partial charge in [-0.05, 0) is 37.5 Å². The molecule has 2 radical (unpaired) electrons. The predicted molar refractivity (Wildman–Crippen MR) is 205 cm³/mol. The van der Waals surface area contributed by atoms with E-state index in [0.29, 0.717) is 38.5 Å². The Bertz CT molecular complexity index is 1100. The zero-order valence-electron chi connectivity index (χ0n) is 35.2. The van der Waals surface area contributed by atoms with Crippen molar-refractivity contribution >= 4 is 0 Å². The third kappa shape index (κ3) is 18.0. The fraction of sp³-hybridized carbons (Fsp3) is 0.769. The first-order chi connectivity index (χ1) is 27.7. The molecule has 12 saturated heterocycles. The molecular formula is C39H67N2O18WY2-7. The van der Waals surface area contributed by atoms with Crippen LogP contribution in [-0.2, 0) is 124 Å². The van der Waals surface area contributed by atoms with E-state index in [4.69, 9.17) is 37.9 Å². The van der Waals surface area contributed by atoms with Gasteiger partial charge in [-0.3, -0.25) is 27.3 Å². The molecule has 62 heavy (non-hydrogen) atoms. The Morgan fingerprint density at radius 1 is 0.500 bits per heavy atom. The molecule has 20 atom stereocenters. The fourth-order valence-corrected chi connectivity index (χ4v) is 7.30. The molecule has 8 bridgehead atoms. The predicted octanol–water partition coefficient (Wildman–Crippen LogP) is -3.11. The summed E-state index contributed by atoms with van der Waals surface area (Å²) < 4.78 is 44.3. The summed E-state index contributed by atoms with van der Waals surface area (Å²) in [5.41, 5.74) is 0. The molecule has 12 aliphatic heterocycles. The van der Waals surface area contributed by atoms with Gasteiger partial charge in [0.25, 0.3) is 0 Å². The number of hydrogen-bond acceptors (Lipinski definition) is 20. The third-order valence-electron chi connectivity index (χ3n) is 10.6. The minimum atomic E-state index is -1.42. The van der Waals surface area contributed by atoms with Crippen LogP contribution in [0.2, 0.25) is 0 Å². The van der Waals surface area contributed by atoms with Crippen LogP contribution in [0.5, 0.6) is 0 Å². The molecule has 0 aromatic heterocycles. The van der Waals surface area contributed by atoms with Gasteiger partial charge in [0, 0.05) is 99.7 Å². The molecule has 0 saturated carbocycles. The van der Waals surface area contributed by atoms with Gasteiger partial charge < -0.3 is 133 Å². The van der Waals surface area contributed by atoms with Crippen LogP contribution in [0.25, 0.3) is 0 Å². The average Bonchev–Trinajstić information content (AvgIpc) is 3.22. The summed E-state index contributed by atoms with van der Waals surface area (Å²) in [7, 11) is 6.36. The second kappa shape index (κ2) is 33.7. The molecule has 12 rings (SSSR count). The largest absolute Gasteiger partial charge is 0.713 e. The zero-order chi connectivity index (χ0) is 43.1. The molecule has 20 nitrogen and oxygen atoms in total. The van der Waals surface area contributed by atoms with Crippen LogP contribution >= 0.6 is 0 Å². The molecule has 360 valence electrons. The Kier molecular flexibility index (Phi) is 35.5. The summed E-state index contributed by atoms with van der Waals surface area (Å²) in [5.74, 6) is -0.703. The standard InChI is InChI=1S/2C16H27O9.2C3H5N.CH3.W.2Y/c2*1-7-8-4-2-3-5-22-15-13(21)11(19)14(9(6-17)24-15)25-16(23-7)12(20)10(8)18;2*1-3-4-2;;;;/h2*7-21H,1-6H2;2*4H,1-2H2;1H3;;;/q2*-1;2*-2;-1;;;/t2*7?,8?,9?,10-,11+,12?,13?,14?,15-,16+;;;;;;/m00....../s1. The molecule has 12 unspecified atom stereocenters. The van der Waals surface area contributed by atoms with E-state index in [1.165, 1.54) is 0 Å². The number of aliphatic hydroxyl groups is 10. The van der Waals surface area contributed by atoms with Gasteiger partial charge in [-0.1, -0.05) is 25.0 Å². The average molecular weight is 1210 g/mol. The van der Waals surface area contributed by atoms with Crippen molar-refractivity contribution in [3.8, 4) is 0 Å². The first-order valence-corrected chi connectivity index (χ1v) is 19.3.